The van der Waals surface area contributed by atoms with Gasteiger partial charge in [0.1, 0.15) is 5.75 Å². The molecule has 0 aliphatic heterocycles. The maximum absolute atomic E-state index is 9.46. The predicted molar refractivity (Wildman–Crippen MR) is 89.4 cm³/mol. The molecule has 1 atom stereocenters. The van der Waals surface area contributed by atoms with E-state index >= 15 is 0 Å². The maximum Gasteiger partial charge on any atom is 0.124 e. The van der Waals surface area contributed by atoms with Crippen LogP contribution >= 0.6 is 11.3 Å². The minimum atomic E-state index is -0.0180. The smallest absolute Gasteiger partial charge is 0.124 e. The maximum atomic E-state index is 9.46. The Morgan fingerprint density at radius 3 is 2.62 bits per heavy atom. The number of ether oxygens (including phenoxy) is 1. The van der Waals surface area contributed by atoms with Gasteiger partial charge in [0.05, 0.1) is 13.2 Å². The number of aliphatic hydroxyl groups excluding tert-OH is 1. The zero-order chi connectivity index (χ0) is 15.4. The summed E-state index contributed by atoms with van der Waals surface area (Å²) in [6.07, 6.45) is 0. The largest absolute Gasteiger partial charge is 0.494 e. The first-order valence-corrected chi connectivity index (χ1v) is 8.06. The summed E-state index contributed by atoms with van der Waals surface area (Å²) in [5.74, 6) is 0.751. The first-order valence-electron chi connectivity index (χ1n) is 7.25. The lowest BCUT2D eigenvalue weighted by molar-refractivity contribution is 0.267. The Morgan fingerprint density at radius 1 is 1.29 bits per heavy atom. The van der Waals surface area contributed by atoms with E-state index in [1.165, 1.54) is 15.3 Å². The van der Waals surface area contributed by atoms with Gasteiger partial charge in [0.15, 0.2) is 0 Å². The Balaban J connectivity index is 2.17. The summed E-state index contributed by atoms with van der Waals surface area (Å²) >= 11 is 1.82. The Kier molecular flexibility index (Phi) is 5.26. The highest BCUT2D eigenvalue weighted by atomic mass is 32.1. The van der Waals surface area contributed by atoms with E-state index in [-0.39, 0.29) is 12.6 Å². The van der Waals surface area contributed by atoms with Gasteiger partial charge in [-0.3, -0.25) is 0 Å². The molecule has 2 aromatic rings. The number of hydrogen-bond acceptors (Lipinski definition) is 4. The van der Waals surface area contributed by atoms with Gasteiger partial charge in [0.2, 0.25) is 0 Å². The molecule has 0 bridgehead atoms. The van der Waals surface area contributed by atoms with Gasteiger partial charge in [0, 0.05) is 27.0 Å². The van der Waals surface area contributed by atoms with Crippen molar-refractivity contribution in [1.82, 2.24) is 0 Å². The van der Waals surface area contributed by atoms with Crippen molar-refractivity contribution in [2.45, 2.75) is 40.3 Å². The SMILES string of the molecule is CCOc1ccc(NC(C)c2cc(C)sc2C)cc1CO. The average Bonchev–Trinajstić information content (AvgIpc) is 2.79. The molecule has 1 aromatic heterocycles. The van der Waals surface area contributed by atoms with E-state index in [1.54, 1.807) is 0 Å². The Labute approximate surface area is 130 Å². The highest BCUT2D eigenvalue weighted by Crippen LogP contribution is 2.30. The topological polar surface area (TPSA) is 41.5 Å². The fraction of sp³-hybridized carbons (Fsp3) is 0.412. The summed E-state index contributed by atoms with van der Waals surface area (Å²) in [6, 6.07) is 8.33. The molecule has 0 radical (unpaired) electrons. The highest BCUT2D eigenvalue weighted by Gasteiger charge is 2.12. The van der Waals surface area contributed by atoms with Crippen LogP contribution in [0.3, 0.4) is 0 Å². The Hall–Kier alpha value is -1.52. The quantitative estimate of drug-likeness (QED) is 0.829. The molecule has 1 aromatic carbocycles. The fourth-order valence-corrected chi connectivity index (χ4v) is 3.52. The van der Waals surface area contributed by atoms with Crippen molar-refractivity contribution in [3.05, 3.63) is 45.1 Å². The normalized spacial score (nSPS) is 12.2. The van der Waals surface area contributed by atoms with Gasteiger partial charge in [-0.15, -0.1) is 11.3 Å². The van der Waals surface area contributed by atoms with E-state index < -0.39 is 0 Å². The molecule has 0 spiro atoms. The van der Waals surface area contributed by atoms with Gasteiger partial charge in [-0.05, 0) is 57.5 Å². The van der Waals surface area contributed by atoms with Crippen LogP contribution in [0, 0.1) is 13.8 Å². The molecule has 4 heteroatoms. The van der Waals surface area contributed by atoms with Crippen LogP contribution in [0.4, 0.5) is 5.69 Å². The molecular formula is C17H23NO2S. The van der Waals surface area contributed by atoms with Crippen molar-refractivity contribution < 1.29 is 9.84 Å². The van der Waals surface area contributed by atoms with Crippen molar-refractivity contribution in [2.24, 2.45) is 0 Å². The first kappa shape index (κ1) is 15.9. The van der Waals surface area contributed by atoms with Crippen LogP contribution in [-0.2, 0) is 6.61 Å². The van der Waals surface area contributed by atoms with Gasteiger partial charge in [-0.1, -0.05) is 0 Å². The van der Waals surface area contributed by atoms with Gasteiger partial charge in [0.25, 0.3) is 0 Å². The van der Waals surface area contributed by atoms with Crippen LogP contribution in [0.1, 0.15) is 40.8 Å². The second-order valence-electron chi connectivity index (χ2n) is 5.15. The molecule has 21 heavy (non-hydrogen) atoms. The predicted octanol–water partition coefficient (Wildman–Crippen LogP) is 4.43. The number of thiophene rings is 1. The van der Waals surface area contributed by atoms with E-state index in [4.69, 9.17) is 4.74 Å². The van der Waals surface area contributed by atoms with Crippen LogP contribution in [0.15, 0.2) is 24.3 Å². The second kappa shape index (κ2) is 6.96. The zero-order valence-electron chi connectivity index (χ0n) is 13.1. The molecule has 0 fully saturated rings. The third-order valence-electron chi connectivity index (χ3n) is 3.46. The van der Waals surface area contributed by atoms with Crippen molar-refractivity contribution in [3.8, 4) is 5.75 Å². The van der Waals surface area contributed by atoms with Crippen LogP contribution < -0.4 is 10.1 Å². The summed E-state index contributed by atoms with van der Waals surface area (Å²) in [5, 5.41) is 13.0. The van der Waals surface area contributed by atoms with Crippen LogP contribution in [-0.4, -0.2) is 11.7 Å². The Morgan fingerprint density at radius 2 is 2.05 bits per heavy atom. The van der Waals surface area contributed by atoms with Gasteiger partial charge in [-0.2, -0.15) is 0 Å². The van der Waals surface area contributed by atoms with Crippen molar-refractivity contribution in [2.75, 3.05) is 11.9 Å². The molecule has 0 aliphatic carbocycles. The molecule has 1 unspecified atom stereocenters. The Bertz CT molecular complexity index is 607. The lowest BCUT2D eigenvalue weighted by Crippen LogP contribution is -2.07. The molecular weight excluding hydrogens is 282 g/mol. The summed E-state index contributed by atoms with van der Waals surface area (Å²) in [6.45, 7) is 8.97. The van der Waals surface area contributed by atoms with Crippen molar-refractivity contribution in [1.29, 1.82) is 0 Å². The monoisotopic (exact) mass is 305 g/mol. The minimum Gasteiger partial charge on any atom is -0.494 e. The van der Waals surface area contributed by atoms with Gasteiger partial charge < -0.3 is 15.2 Å². The second-order valence-corrected chi connectivity index (χ2v) is 6.61. The number of aliphatic hydroxyl groups is 1. The molecule has 114 valence electrons. The number of anilines is 1. The van der Waals surface area contributed by atoms with E-state index in [1.807, 2.05) is 36.5 Å². The van der Waals surface area contributed by atoms with E-state index in [9.17, 15) is 5.11 Å². The number of benzene rings is 1. The molecule has 0 amide bonds. The van der Waals surface area contributed by atoms with Gasteiger partial charge in [-0.25, -0.2) is 0 Å². The van der Waals surface area contributed by atoms with E-state index in [0.29, 0.717) is 6.61 Å². The number of rotatable bonds is 6. The van der Waals surface area contributed by atoms with Crippen LogP contribution in [0.25, 0.3) is 0 Å². The number of aryl methyl sites for hydroxylation is 2. The zero-order valence-corrected chi connectivity index (χ0v) is 13.9. The number of hydrogen-bond donors (Lipinski definition) is 2. The first-order chi connectivity index (χ1) is 10.0. The molecule has 0 saturated heterocycles. The third-order valence-corrected chi connectivity index (χ3v) is 4.44. The average molecular weight is 305 g/mol. The molecule has 0 saturated carbocycles. The fourth-order valence-electron chi connectivity index (χ4n) is 2.50. The highest BCUT2D eigenvalue weighted by molar-refractivity contribution is 7.12. The van der Waals surface area contributed by atoms with Crippen LogP contribution in [0.2, 0.25) is 0 Å². The lowest BCUT2D eigenvalue weighted by Gasteiger charge is -2.17. The molecule has 1 heterocycles. The van der Waals surface area contributed by atoms with Crippen molar-refractivity contribution in [3.63, 3.8) is 0 Å². The molecule has 3 nitrogen and oxygen atoms in total. The molecule has 2 rings (SSSR count). The van der Waals surface area contributed by atoms with Crippen LogP contribution in [0.5, 0.6) is 5.75 Å². The van der Waals surface area contributed by atoms with Crippen molar-refractivity contribution >= 4 is 17.0 Å². The van der Waals surface area contributed by atoms with E-state index in [2.05, 4.69) is 32.2 Å². The summed E-state index contributed by atoms with van der Waals surface area (Å²) < 4.78 is 5.51. The minimum absolute atomic E-state index is 0.0180. The third kappa shape index (κ3) is 3.77. The molecule has 2 N–H and O–H groups in total. The summed E-state index contributed by atoms with van der Waals surface area (Å²) in [7, 11) is 0. The van der Waals surface area contributed by atoms with Gasteiger partial charge >= 0.3 is 0 Å². The number of nitrogens with one attached hydrogen (secondary N) is 1. The summed E-state index contributed by atoms with van der Waals surface area (Å²) in [5.41, 5.74) is 3.14. The summed E-state index contributed by atoms with van der Waals surface area (Å²) in [4.78, 5) is 2.68. The standard InChI is InChI=1S/C17H23NO2S/c1-5-20-17-7-6-15(9-14(17)10-19)18-12(3)16-8-11(2)21-13(16)4/h6-9,12,18-19H,5,10H2,1-4H3. The van der Waals surface area contributed by atoms with E-state index in [0.717, 1.165) is 17.0 Å². The lowest BCUT2D eigenvalue weighted by atomic mass is 10.1. The molecule has 0 aliphatic rings.